The summed E-state index contributed by atoms with van der Waals surface area (Å²) >= 11 is 0. The summed E-state index contributed by atoms with van der Waals surface area (Å²) < 4.78 is 7.79. The number of likely N-dealkylation sites (tertiary alicyclic amines) is 1. The van der Waals surface area contributed by atoms with Crippen molar-refractivity contribution in [2.24, 2.45) is 4.99 Å². The van der Waals surface area contributed by atoms with Crippen LogP contribution in [0.2, 0.25) is 0 Å². The van der Waals surface area contributed by atoms with Crippen molar-refractivity contribution in [2.75, 3.05) is 46.4 Å². The Morgan fingerprint density at radius 2 is 2.16 bits per heavy atom. The first-order valence-corrected chi connectivity index (χ1v) is 9.66. The van der Waals surface area contributed by atoms with Crippen LogP contribution >= 0.6 is 0 Å². The van der Waals surface area contributed by atoms with Gasteiger partial charge in [0.2, 0.25) is 0 Å². The molecule has 2 saturated heterocycles. The molecule has 3 aliphatic rings. The van der Waals surface area contributed by atoms with Gasteiger partial charge in [-0.25, -0.2) is 4.98 Å². The first-order chi connectivity index (χ1) is 12.3. The van der Waals surface area contributed by atoms with Gasteiger partial charge in [0, 0.05) is 58.4 Å². The summed E-state index contributed by atoms with van der Waals surface area (Å²) in [6.07, 6.45) is 7.06. The number of aromatic nitrogens is 2. The van der Waals surface area contributed by atoms with Gasteiger partial charge in [-0.05, 0) is 19.3 Å². The van der Waals surface area contributed by atoms with Crippen molar-refractivity contribution in [3.63, 3.8) is 0 Å². The third kappa shape index (κ3) is 3.82. The highest BCUT2D eigenvalue weighted by Gasteiger charge is 2.30. The third-order valence-corrected chi connectivity index (χ3v) is 5.62. The van der Waals surface area contributed by atoms with Crippen LogP contribution in [0.4, 0.5) is 0 Å². The monoisotopic (exact) mass is 346 g/mol. The lowest BCUT2D eigenvalue weighted by molar-refractivity contribution is 0.0195. The predicted molar refractivity (Wildman–Crippen MR) is 97.7 cm³/mol. The molecule has 1 atom stereocenters. The smallest absolute Gasteiger partial charge is 0.194 e. The van der Waals surface area contributed by atoms with E-state index < -0.39 is 0 Å². The fraction of sp³-hybridized carbons (Fsp3) is 0.778. The molecule has 0 amide bonds. The highest BCUT2D eigenvalue weighted by atomic mass is 16.5. The first-order valence-electron chi connectivity index (χ1n) is 9.66. The van der Waals surface area contributed by atoms with Gasteiger partial charge in [-0.15, -0.1) is 0 Å². The number of imidazole rings is 1. The Morgan fingerprint density at radius 1 is 1.28 bits per heavy atom. The third-order valence-electron chi connectivity index (χ3n) is 5.62. The largest absolute Gasteiger partial charge is 0.379 e. The second kappa shape index (κ2) is 7.74. The SMILES string of the molecule is CN=C(NCc1cn2c(n1)CCCC2)N1CCC(N2CCOCC2)C1. The molecule has 2 fully saturated rings. The minimum Gasteiger partial charge on any atom is -0.379 e. The molecule has 1 unspecified atom stereocenters. The number of hydrogen-bond donors (Lipinski definition) is 1. The molecule has 1 aromatic rings. The van der Waals surface area contributed by atoms with Gasteiger partial charge in [0.05, 0.1) is 25.5 Å². The minimum absolute atomic E-state index is 0.627. The fourth-order valence-corrected chi connectivity index (χ4v) is 4.23. The van der Waals surface area contributed by atoms with Gasteiger partial charge in [-0.3, -0.25) is 9.89 Å². The fourth-order valence-electron chi connectivity index (χ4n) is 4.23. The Labute approximate surface area is 150 Å². The Morgan fingerprint density at radius 3 is 2.96 bits per heavy atom. The zero-order valence-electron chi connectivity index (χ0n) is 15.3. The van der Waals surface area contributed by atoms with Crippen molar-refractivity contribution in [3.05, 3.63) is 17.7 Å². The zero-order valence-corrected chi connectivity index (χ0v) is 15.3. The Balaban J connectivity index is 1.31. The summed E-state index contributed by atoms with van der Waals surface area (Å²) in [6, 6.07) is 0.627. The van der Waals surface area contributed by atoms with Crippen molar-refractivity contribution in [1.82, 2.24) is 24.7 Å². The summed E-state index contributed by atoms with van der Waals surface area (Å²) in [5, 5.41) is 3.52. The van der Waals surface area contributed by atoms with Gasteiger partial charge in [0.25, 0.3) is 0 Å². The lowest BCUT2D eigenvalue weighted by Crippen LogP contribution is -2.46. The maximum absolute atomic E-state index is 5.48. The van der Waals surface area contributed by atoms with Crippen molar-refractivity contribution in [3.8, 4) is 0 Å². The summed E-state index contributed by atoms with van der Waals surface area (Å²) in [6.45, 7) is 7.86. The number of morpholine rings is 1. The van der Waals surface area contributed by atoms with Crippen LogP contribution in [0, 0.1) is 0 Å². The van der Waals surface area contributed by atoms with E-state index in [2.05, 4.69) is 30.9 Å². The van der Waals surface area contributed by atoms with E-state index in [4.69, 9.17) is 9.72 Å². The molecule has 0 bridgehead atoms. The summed E-state index contributed by atoms with van der Waals surface area (Å²) in [5.41, 5.74) is 1.13. The molecule has 0 radical (unpaired) electrons. The Bertz CT molecular complexity index is 583. The molecular formula is C18H30N6O. The topological polar surface area (TPSA) is 57.9 Å². The molecule has 0 saturated carbocycles. The van der Waals surface area contributed by atoms with Crippen molar-refractivity contribution in [1.29, 1.82) is 0 Å². The average molecular weight is 346 g/mol. The molecule has 3 aliphatic heterocycles. The highest BCUT2D eigenvalue weighted by molar-refractivity contribution is 5.80. The highest BCUT2D eigenvalue weighted by Crippen LogP contribution is 2.18. The number of guanidine groups is 1. The number of fused-ring (bicyclic) bond motifs is 1. The van der Waals surface area contributed by atoms with Crippen LogP contribution in [0.3, 0.4) is 0 Å². The lowest BCUT2D eigenvalue weighted by Gasteiger charge is -2.32. The molecule has 4 heterocycles. The van der Waals surface area contributed by atoms with Gasteiger partial charge < -0.3 is 19.5 Å². The Hall–Kier alpha value is -1.60. The number of rotatable bonds is 3. The van der Waals surface area contributed by atoms with Gasteiger partial charge in [-0.1, -0.05) is 0 Å². The van der Waals surface area contributed by atoms with Gasteiger partial charge in [0.1, 0.15) is 5.82 Å². The van der Waals surface area contributed by atoms with E-state index in [1.165, 1.54) is 25.1 Å². The van der Waals surface area contributed by atoms with Crippen molar-refractivity contribution < 1.29 is 4.74 Å². The number of ether oxygens (including phenoxy) is 1. The number of aryl methyl sites for hydroxylation is 2. The van der Waals surface area contributed by atoms with Crippen molar-refractivity contribution >= 4 is 5.96 Å². The number of nitrogens with one attached hydrogen (secondary N) is 1. The van der Waals surface area contributed by atoms with E-state index in [1.807, 2.05) is 7.05 Å². The molecule has 1 N–H and O–H groups in total. The summed E-state index contributed by atoms with van der Waals surface area (Å²) in [4.78, 5) is 14.2. The van der Waals surface area contributed by atoms with E-state index in [1.54, 1.807) is 0 Å². The minimum atomic E-state index is 0.627. The second-order valence-electron chi connectivity index (χ2n) is 7.24. The van der Waals surface area contributed by atoms with E-state index in [0.29, 0.717) is 6.04 Å². The molecule has 0 aliphatic carbocycles. The van der Waals surface area contributed by atoms with Crippen LogP contribution in [0.25, 0.3) is 0 Å². The summed E-state index contributed by atoms with van der Waals surface area (Å²) in [5.74, 6) is 2.24. The van der Waals surface area contributed by atoms with Gasteiger partial charge >= 0.3 is 0 Å². The molecule has 7 nitrogen and oxygen atoms in total. The number of nitrogens with zero attached hydrogens (tertiary/aromatic N) is 5. The molecule has 1 aromatic heterocycles. The molecule has 4 rings (SSSR count). The second-order valence-corrected chi connectivity index (χ2v) is 7.24. The molecule has 7 heteroatoms. The average Bonchev–Trinajstić information content (AvgIpc) is 3.30. The Kier molecular flexibility index (Phi) is 5.22. The van der Waals surface area contributed by atoms with Crippen LogP contribution in [-0.4, -0.2) is 77.8 Å². The first kappa shape index (κ1) is 16.8. The molecule has 25 heavy (non-hydrogen) atoms. The van der Waals surface area contributed by atoms with Crippen LogP contribution in [-0.2, 0) is 24.2 Å². The van der Waals surface area contributed by atoms with Gasteiger partial charge in [-0.2, -0.15) is 0 Å². The maximum Gasteiger partial charge on any atom is 0.194 e. The van der Waals surface area contributed by atoms with Crippen LogP contribution in [0.15, 0.2) is 11.2 Å². The van der Waals surface area contributed by atoms with Crippen LogP contribution < -0.4 is 5.32 Å². The molecular weight excluding hydrogens is 316 g/mol. The van der Waals surface area contributed by atoms with Gasteiger partial charge in [0.15, 0.2) is 5.96 Å². The van der Waals surface area contributed by atoms with Crippen LogP contribution in [0.5, 0.6) is 0 Å². The van der Waals surface area contributed by atoms with E-state index in [0.717, 1.165) is 70.6 Å². The van der Waals surface area contributed by atoms with E-state index >= 15 is 0 Å². The summed E-state index contributed by atoms with van der Waals surface area (Å²) in [7, 11) is 1.88. The number of hydrogen-bond acceptors (Lipinski definition) is 4. The lowest BCUT2D eigenvalue weighted by atomic mass is 10.2. The maximum atomic E-state index is 5.48. The molecule has 138 valence electrons. The zero-order chi connectivity index (χ0) is 17.1. The van der Waals surface area contributed by atoms with E-state index in [9.17, 15) is 0 Å². The number of aliphatic imine (C=N–C) groups is 1. The standard InChI is InChI=1S/C18H30N6O/c1-19-18(20-12-15-13-23-6-3-2-4-17(23)21-15)24-7-5-16(14-24)22-8-10-25-11-9-22/h13,16H,2-12,14H2,1H3,(H,19,20). The van der Waals surface area contributed by atoms with Crippen LogP contribution in [0.1, 0.15) is 30.8 Å². The normalized spacial score (nSPS) is 25.2. The van der Waals surface area contributed by atoms with E-state index in [-0.39, 0.29) is 0 Å². The predicted octanol–water partition coefficient (Wildman–Crippen LogP) is 0.701. The van der Waals surface area contributed by atoms with Crippen molar-refractivity contribution in [2.45, 2.75) is 44.8 Å². The molecule has 0 spiro atoms. The molecule has 0 aromatic carbocycles. The quantitative estimate of drug-likeness (QED) is 0.645.